The standard InChI is InChI=1S/C24H27N7O3S/c1-15-13-26-22(27-14-15)21(34-5)16(2)35-30-24-29-28-23(17-9-6-7-12-25-17)31(24)20-18(32-3)10-8-11-19(20)33-4/h6-14,16,21H,1-5H3,(H,29,30). The number of ether oxygens (including phenoxy) is 3. The predicted molar refractivity (Wildman–Crippen MR) is 135 cm³/mol. The molecule has 0 radical (unpaired) electrons. The maximum absolute atomic E-state index is 5.71. The van der Waals surface area contributed by atoms with Gasteiger partial charge >= 0.3 is 0 Å². The second-order valence-electron chi connectivity index (χ2n) is 7.61. The van der Waals surface area contributed by atoms with Crippen LogP contribution < -0.4 is 14.2 Å². The predicted octanol–water partition coefficient (Wildman–Crippen LogP) is 4.28. The van der Waals surface area contributed by atoms with Crippen molar-refractivity contribution in [3.8, 4) is 28.7 Å². The number of aryl methyl sites for hydroxylation is 1. The first-order valence-electron chi connectivity index (χ1n) is 10.9. The zero-order valence-electron chi connectivity index (χ0n) is 20.2. The van der Waals surface area contributed by atoms with Gasteiger partial charge in [-0.05, 0) is 55.6 Å². The molecule has 2 unspecified atom stereocenters. The Morgan fingerprint density at radius 2 is 1.63 bits per heavy atom. The molecule has 0 bridgehead atoms. The van der Waals surface area contributed by atoms with Crippen molar-refractivity contribution >= 4 is 17.9 Å². The van der Waals surface area contributed by atoms with Crippen LogP contribution in [0.15, 0.2) is 55.0 Å². The number of rotatable bonds is 10. The number of nitrogens with one attached hydrogen (secondary N) is 1. The molecule has 4 aromatic rings. The summed E-state index contributed by atoms with van der Waals surface area (Å²) in [4.78, 5) is 13.3. The number of hydrogen-bond donors (Lipinski definition) is 1. The molecular weight excluding hydrogens is 466 g/mol. The Balaban J connectivity index is 1.71. The molecule has 0 spiro atoms. The molecule has 35 heavy (non-hydrogen) atoms. The van der Waals surface area contributed by atoms with E-state index in [-0.39, 0.29) is 11.4 Å². The van der Waals surface area contributed by atoms with Crippen LogP contribution in [0, 0.1) is 6.92 Å². The Morgan fingerprint density at radius 1 is 0.914 bits per heavy atom. The average molecular weight is 494 g/mol. The van der Waals surface area contributed by atoms with Crippen molar-refractivity contribution in [3.63, 3.8) is 0 Å². The molecule has 2 atom stereocenters. The van der Waals surface area contributed by atoms with Crippen LogP contribution in [0.25, 0.3) is 17.2 Å². The van der Waals surface area contributed by atoms with Crippen molar-refractivity contribution in [1.82, 2.24) is 29.7 Å². The molecule has 182 valence electrons. The SMILES string of the molecule is COc1cccc(OC)c1-n1c(NSC(C)C(OC)c2ncc(C)cn2)nnc1-c1ccccn1. The zero-order chi connectivity index (χ0) is 24.8. The molecule has 1 aromatic carbocycles. The van der Waals surface area contributed by atoms with E-state index >= 15 is 0 Å². The molecule has 10 nitrogen and oxygen atoms in total. The number of nitrogens with zero attached hydrogens (tertiary/aromatic N) is 6. The lowest BCUT2D eigenvalue weighted by Gasteiger charge is -2.22. The second-order valence-corrected chi connectivity index (χ2v) is 8.79. The summed E-state index contributed by atoms with van der Waals surface area (Å²) in [5.41, 5.74) is 2.30. The summed E-state index contributed by atoms with van der Waals surface area (Å²) in [6.45, 7) is 3.97. The summed E-state index contributed by atoms with van der Waals surface area (Å²) in [7, 11) is 4.86. The summed E-state index contributed by atoms with van der Waals surface area (Å²) in [5.74, 6) is 2.83. The van der Waals surface area contributed by atoms with Gasteiger partial charge in [0, 0.05) is 25.7 Å². The van der Waals surface area contributed by atoms with E-state index in [2.05, 4.69) is 29.9 Å². The maximum atomic E-state index is 5.71. The third-order valence-electron chi connectivity index (χ3n) is 5.25. The van der Waals surface area contributed by atoms with E-state index in [0.717, 1.165) is 5.56 Å². The Morgan fingerprint density at radius 3 is 2.23 bits per heavy atom. The third kappa shape index (κ3) is 5.20. The van der Waals surface area contributed by atoms with Crippen LogP contribution in [-0.4, -0.2) is 56.3 Å². The van der Waals surface area contributed by atoms with Gasteiger partial charge in [-0.1, -0.05) is 12.1 Å². The number of aromatic nitrogens is 6. The normalized spacial score (nSPS) is 12.7. The van der Waals surface area contributed by atoms with Crippen molar-refractivity contribution < 1.29 is 14.2 Å². The average Bonchev–Trinajstić information content (AvgIpc) is 3.32. The fourth-order valence-electron chi connectivity index (χ4n) is 3.54. The van der Waals surface area contributed by atoms with Gasteiger partial charge in [0.2, 0.25) is 5.95 Å². The van der Waals surface area contributed by atoms with Gasteiger partial charge in [0.1, 0.15) is 29.0 Å². The van der Waals surface area contributed by atoms with Crippen molar-refractivity contribution in [2.75, 3.05) is 26.1 Å². The molecular formula is C24H27N7O3S. The van der Waals surface area contributed by atoms with Crippen LogP contribution in [0.2, 0.25) is 0 Å². The van der Waals surface area contributed by atoms with Gasteiger partial charge in [0.25, 0.3) is 0 Å². The maximum Gasteiger partial charge on any atom is 0.239 e. The van der Waals surface area contributed by atoms with Crippen LogP contribution in [0.1, 0.15) is 24.4 Å². The molecule has 0 amide bonds. The fourth-order valence-corrected chi connectivity index (χ4v) is 4.32. The summed E-state index contributed by atoms with van der Waals surface area (Å²) >= 11 is 1.43. The molecule has 0 saturated carbocycles. The second kappa shape index (κ2) is 11.2. The molecule has 0 fully saturated rings. The highest BCUT2D eigenvalue weighted by Crippen LogP contribution is 2.38. The van der Waals surface area contributed by atoms with Crippen molar-refractivity contribution in [2.45, 2.75) is 25.2 Å². The molecule has 0 aliphatic heterocycles. The van der Waals surface area contributed by atoms with E-state index in [1.165, 1.54) is 11.9 Å². The van der Waals surface area contributed by atoms with Gasteiger partial charge in [-0.25, -0.2) is 9.97 Å². The number of para-hydroxylation sites is 1. The molecule has 0 aliphatic carbocycles. The Kier molecular flexibility index (Phi) is 7.78. The Bertz CT molecular complexity index is 1230. The van der Waals surface area contributed by atoms with Crippen molar-refractivity contribution in [2.24, 2.45) is 0 Å². The summed E-state index contributed by atoms with van der Waals surface area (Å²) in [5, 5.41) is 8.79. The van der Waals surface area contributed by atoms with Crippen LogP contribution in [0.5, 0.6) is 11.5 Å². The van der Waals surface area contributed by atoms with Crippen molar-refractivity contribution in [3.05, 3.63) is 66.4 Å². The minimum absolute atomic E-state index is 0.0641. The molecule has 0 aliphatic rings. The minimum atomic E-state index is -0.333. The lowest BCUT2D eigenvalue weighted by Crippen LogP contribution is -2.19. The first-order chi connectivity index (χ1) is 17.1. The van der Waals surface area contributed by atoms with E-state index in [0.29, 0.717) is 40.5 Å². The van der Waals surface area contributed by atoms with E-state index in [4.69, 9.17) is 14.2 Å². The van der Waals surface area contributed by atoms with Gasteiger partial charge in [-0.15, -0.1) is 10.2 Å². The lowest BCUT2D eigenvalue weighted by atomic mass is 10.2. The van der Waals surface area contributed by atoms with E-state index in [1.807, 2.05) is 54.8 Å². The number of hydrogen-bond acceptors (Lipinski definition) is 10. The fraction of sp³-hybridized carbons (Fsp3) is 0.292. The summed E-state index contributed by atoms with van der Waals surface area (Å²) in [6, 6.07) is 11.2. The largest absolute Gasteiger partial charge is 0.494 e. The van der Waals surface area contributed by atoms with Crippen LogP contribution in [0.3, 0.4) is 0 Å². The molecule has 11 heteroatoms. The van der Waals surface area contributed by atoms with Crippen LogP contribution in [-0.2, 0) is 4.74 Å². The summed E-state index contributed by atoms with van der Waals surface area (Å²) < 4.78 is 22.2. The zero-order valence-corrected chi connectivity index (χ0v) is 21.0. The topological polar surface area (TPSA) is 109 Å². The van der Waals surface area contributed by atoms with Crippen LogP contribution >= 0.6 is 11.9 Å². The van der Waals surface area contributed by atoms with Crippen molar-refractivity contribution in [1.29, 1.82) is 0 Å². The highest BCUT2D eigenvalue weighted by Gasteiger charge is 2.26. The van der Waals surface area contributed by atoms with Gasteiger partial charge in [-0.2, -0.15) is 0 Å². The molecule has 4 rings (SSSR count). The number of methoxy groups -OCH3 is 3. The lowest BCUT2D eigenvalue weighted by molar-refractivity contribution is 0.0972. The molecule has 3 aromatic heterocycles. The molecule has 1 N–H and O–H groups in total. The molecule has 0 saturated heterocycles. The van der Waals surface area contributed by atoms with E-state index < -0.39 is 0 Å². The highest BCUT2D eigenvalue weighted by atomic mass is 32.2. The van der Waals surface area contributed by atoms with Gasteiger partial charge in [0.15, 0.2) is 11.6 Å². The Labute approximate surface area is 208 Å². The number of anilines is 1. The minimum Gasteiger partial charge on any atom is -0.494 e. The smallest absolute Gasteiger partial charge is 0.239 e. The quantitative estimate of drug-likeness (QED) is 0.321. The van der Waals surface area contributed by atoms with E-state index in [1.54, 1.807) is 39.9 Å². The van der Waals surface area contributed by atoms with Gasteiger partial charge < -0.3 is 14.2 Å². The summed E-state index contributed by atoms with van der Waals surface area (Å²) in [6.07, 6.45) is 4.94. The van der Waals surface area contributed by atoms with E-state index in [9.17, 15) is 0 Å². The van der Waals surface area contributed by atoms with Gasteiger partial charge in [-0.3, -0.25) is 14.3 Å². The molecule has 3 heterocycles. The monoisotopic (exact) mass is 493 g/mol. The Hall–Kier alpha value is -3.70. The third-order valence-corrected chi connectivity index (χ3v) is 6.17. The van der Waals surface area contributed by atoms with Gasteiger partial charge in [0.05, 0.1) is 19.5 Å². The first-order valence-corrected chi connectivity index (χ1v) is 11.8. The first kappa shape index (κ1) is 24.4. The van der Waals surface area contributed by atoms with Crippen LogP contribution in [0.4, 0.5) is 5.95 Å². The highest BCUT2D eigenvalue weighted by molar-refractivity contribution is 8.01. The number of benzene rings is 1. The number of pyridine rings is 1.